The first-order chi connectivity index (χ1) is 13.1. The van der Waals surface area contributed by atoms with Gasteiger partial charge in [0.1, 0.15) is 29.0 Å². The van der Waals surface area contributed by atoms with Gasteiger partial charge in [0.25, 0.3) is 0 Å². The summed E-state index contributed by atoms with van der Waals surface area (Å²) >= 11 is 4.59. The van der Waals surface area contributed by atoms with Gasteiger partial charge in [0.15, 0.2) is 12.4 Å². The number of nitrogens with zero attached hydrogens (tertiary/aromatic N) is 2. The van der Waals surface area contributed by atoms with Crippen LogP contribution in [0.4, 0.5) is 0 Å². The number of hydrogen-bond donors (Lipinski definition) is 1. The molecule has 0 saturated heterocycles. The lowest BCUT2D eigenvalue weighted by Crippen LogP contribution is -2.16. The van der Waals surface area contributed by atoms with E-state index in [2.05, 4.69) is 20.9 Å². The van der Waals surface area contributed by atoms with Crippen molar-refractivity contribution in [2.75, 3.05) is 13.2 Å². The number of carbonyl (C=O) groups is 1. The molecule has 1 N–H and O–H groups in total. The molecule has 0 bridgehead atoms. The highest BCUT2D eigenvalue weighted by molar-refractivity contribution is 9.10. The Labute approximate surface area is 167 Å². The zero-order valence-electron chi connectivity index (χ0n) is 13.9. The third-order valence-electron chi connectivity index (χ3n) is 3.45. The maximum Gasteiger partial charge on any atom is 0.344 e. The van der Waals surface area contributed by atoms with E-state index in [1.807, 2.05) is 30.3 Å². The largest absolute Gasteiger partial charge is 0.507 e. The summed E-state index contributed by atoms with van der Waals surface area (Å²) in [4.78, 5) is 16.1. The lowest BCUT2D eigenvalue weighted by molar-refractivity contribution is -0.145. The first kappa shape index (κ1) is 18.9. The van der Waals surface area contributed by atoms with Crippen LogP contribution in [0.15, 0.2) is 58.8 Å². The van der Waals surface area contributed by atoms with Crippen LogP contribution in [0.5, 0.6) is 5.75 Å². The Hall–Kier alpha value is -2.89. The lowest BCUT2D eigenvalue weighted by atomic mass is 10.2. The maximum absolute atomic E-state index is 11.8. The Morgan fingerprint density at radius 1 is 1.19 bits per heavy atom. The van der Waals surface area contributed by atoms with Gasteiger partial charge in [-0.25, -0.2) is 9.78 Å². The summed E-state index contributed by atoms with van der Waals surface area (Å²) in [6.45, 7) is -0.737. The molecule has 0 saturated carbocycles. The molecule has 0 spiro atoms. The highest BCUT2D eigenvalue weighted by Crippen LogP contribution is 2.28. The first-order valence-corrected chi connectivity index (χ1v) is 9.40. The molecular formula is C19H13BrN2O4S. The van der Waals surface area contributed by atoms with E-state index in [4.69, 9.17) is 9.47 Å². The minimum atomic E-state index is -0.661. The van der Waals surface area contributed by atoms with Gasteiger partial charge >= 0.3 is 5.97 Å². The van der Waals surface area contributed by atoms with Crippen molar-refractivity contribution in [3.05, 3.63) is 63.8 Å². The average molecular weight is 445 g/mol. The fraction of sp³-hybridized carbons (Fsp3) is 0.105. The molecule has 0 aliphatic heterocycles. The Bertz CT molecular complexity index is 1000. The number of rotatable bonds is 6. The van der Waals surface area contributed by atoms with Crippen molar-refractivity contribution in [2.24, 2.45) is 0 Å². The monoisotopic (exact) mass is 444 g/mol. The molecule has 27 heavy (non-hydrogen) atoms. The maximum atomic E-state index is 11.8. The number of halogens is 1. The standard InChI is InChI=1S/C19H13BrN2O4S/c20-12-5-7-13(8-6-12)25-11-18(24)26-10-16(23)14(9-21)19-22-15-3-1-2-4-17(15)27-19/h1-8,23H,10-11H2. The predicted molar refractivity (Wildman–Crippen MR) is 105 cm³/mol. The van der Waals surface area contributed by atoms with Crippen LogP contribution in [0.25, 0.3) is 15.8 Å². The number of aromatic nitrogens is 1. The zero-order chi connectivity index (χ0) is 19.2. The molecule has 0 aliphatic rings. The molecule has 3 rings (SSSR count). The molecule has 2 aromatic carbocycles. The van der Waals surface area contributed by atoms with Crippen molar-refractivity contribution in [3.63, 3.8) is 0 Å². The summed E-state index contributed by atoms with van der Waals surface area (Å²) < 4.78 is 12.1. The molecular weight excluding hydrogens is 432 g/mol. The van der Waals surface area contributed by atoms with Crippen LogP contribution in [0.1, 0.15) is 5.01 Å². The second-order valence-electron chi connectivity index (χ2n) is 5.32. The lowest BCUT2D eigenvalue weighted by Gasteiger charge is -2.07. The van der Waals surface area contributed by atoms with Gasteiger partial charge in [-0.3, -0.25) is 0 Å². The summed E-state index contributed by atoms with van der Waals surface area (Å²) in [6.07, 6.45) is 0. The fourth-order valence-electron chi connectivity index (χ4n) is 2.15. The van der Waals surface area contributed by atoms with Gasteiger partial charge < -0.3 is 14.6 Å². The Kier molecular flexibility index (Phi) is 6.06. The van der Waals surface area contributed by atoms with Crippen molar-refractivity contribution in [2.45, 2.75) is 0 Å². The van der Waals surface area contributed by atoms with Gasteiger partial charge in [0.05, 0.1) is 10.2 Å². The number of esters is 1. The number of para-hydroxylation sites is 1. The van der Waals surface area contributed by atoms with Crippen LogP contribution in [-0.4, -0.2) is 29.3 Å². The van der Waals surface area contributed by atoms with E-state index in [0.29, 0.717) is 10.8 Å². The highest BCUT2D eigenvalue weighted by atomic mass is 79.9. The van der Waals surface area contributed by atoms with E-state index in [1.54, 1.807) is 24.3 Å². The number of allylic oxidation sites excluding steroid dienone is 1. The van der Waals surface area contributed by atoms with Crippen LogP contribution in [0.2, 0.25) is 0 Å². The third kappa shape index (κ3) is 4.84. The minimum absolute atomic E-state index is 0.0159. The Morgan fingerprint density at radius 2 is 1.93 bits per heavy atom. The highest BCUT2D eigenvalue weighted by Gasteiger charge is 2.15. The topological polar surface area (TPSA) is 92.4 Å². The molecule has 0 aliphatic carbocycles. The van der Waals surface area contributed by atoms with Crippen LogP contribution >= 0.6 is 27.3 Å². The quantitative estimate of drug-likeness (QED) is 0.342. The first-order valence-electron chi connectivity index (χ1n) is 7.79. The van der Waals surface area contributed by atoms with E-state index in [-0.39, 0.29) is 17.9 Å². The van der Waals surface area contributed by atoms with Gasteiger partial charge in [0.2, 0.25) is 0 Å². The molecule has 1 aromatic heterocycles. The summed E-state index contributed by atoms with van der Waals surface area (Å²) in [5.41, 5.74) is 0.718. The van der Waals surface area contributed by atoms with E-state index in [9.17, 15) is 15.2 Å². The summed E-state index contributed by atoms with van der Waals surface area (Å²) in [5.74, 6) is -0.498. The summed E-state index contributed by atoms with van der Waals surface area (Å²) in [7, 11) is 0. The molecule has 0 unspecified atom stereocenters. The van der Waals surface area contributed by atoms with Crippen molar-refractivity contribution in [1.82, 2.24) is 4.98 Å². The van der Waals surface area contributed by atoms with E-state index >= 15 is 0 Å². The molecule has 136 valence electrons. The van der Waals surface area contributed by atoms with Gasteiger partial charge in [0, 0.05) is 4.47 Å². The van der Waals surface area contributed by atoms with Crippen LogP contribution < -0.4 is 4.74 Å². The van der Waals surface area contributed by atoms with Crippen LogP contribution in [0.3, 0.4) is 0 Å². The number of hydrogen-bond acceptors (Lipinski definition) is 7. The van der Waals surface area contributed by atoms with Crippen molar-refractivity contribution in [1.29, 1.82) is 5.26 Å². The van der Waals surface area contributed by atoms with E-state index < -0.39 is 12.6 Å². The number of benzene rings is 2. The number of thiazole rings is 1. The van der Waals surface area contributed by atoms with Gasteiger partial charge in [-0.2, -0.15) is 5.26 Å². The normalized spacial score (nSPS) is 11.6. The fourth-order valence-corrected chi connectivity index (χ4v) is 3.40. The van der Waals surface area contributed by atoms with Gasteiger partial charge in [-0.05, 0) is 36.4 Å². The SMILES string of the molecule is N#CC(=C(O)COC(=O)COc1ccc(Br)cc1)c1nc2ccccc2s1. The summed E-state index contributed by atoms with van der Waals surface area (Å²) in [5, 5.41) is 19.9. The van der Waals surface area contributed by atoms with Crippen molar-refractivity contribution in [3.8, 4) is 11.8 Å². The molecule has 3 aromatic rings. The molecule has 0 fully saturated rings. The van der Waals surface area contributed by atoms with Gasteiger partial charge in [-0.1, -0.05) is 28.1 Å². The minimum Gasteiger partial charge on any atom is -0.507 e. The molecule has 1 heterocycles. The number of nitriles is 1. The second-order valence-corrected chi connectivity index (χ2v) is 7.27. The molecule has 6 nitrogen and oxygen atoms in total. The van der Waals surface area contributed by atoms with Crippen molar-refractivity contribution >= 4 is 49.0 Å². The van der Waals surface area contributed by atoms with E-state index in [0.717, 1.165) is 14.7 Å². The van der Waals surface area contributed by atoms with Crippen molar-refractivity contribution < 1.29 is 19.4 Å². The smallest absolute Gasteiger partial charge is 0.344 e. The van der Waals surface area contributed by atoms with Crippen LogP contribution in [-0.2, 0) is 9.53 Å². The number of ether oxygens (including phenoxy) is 2. The van der Waals surface area contributed by atoms with Gasteiger partial charge in [-0.15, -0.1) is 11.3 Å². The number of carbonyl (C=O) groups excluding carboxylic acids is 1. The van der Waals surface area contributed by atoms with E-state index in [1.165, 1.54) is 11.3 Å². The molecule has 0 radical (unpaired) electrons. The molecule has 0 atom stereocenters. The predicted octanol–water partition coefficient (Wildman–Crippen LogP) is 4.47. The Morgan fingerprint density at radius 3 is 2.63 bits per heavy atom. The molecule has 8 heteroatoms. The molecule has 0 amide bonds. The average Bonchev–Trinajstić information content (AvgIpc) is 3.10. The number of fused-ring (bicyclic) bond motifs is 1. The third-order valence-corrected chi connectivity index (χ3v) is 5.03. The summed E-state index contributed by atoms with van der Waals surface area (Å²) in [6, 6.07) is 16.3. The number of aliphatic hydroxyl groups excluding tert-OH is 1. The zero-order valence-corrected chi connectivity index (χ0v) is 16.3. The van der Waals surface area contributed by atoms with Crippen LogP contribution in [0, 0.1) is 11.3 Å². The number of aliphatic hydroxyl groups is 1. The Balaban J connectivity index is 1.61. The second kappa shape index (κ2) is 8.66.